The summed E-state index contributed by atoms with van der Waals surface area (Å²) in [5.74, 6) is 0.830. The first-order valence-corrected chi connectivity index (χ1v) is 6.93. The van der Waals surface area contributed by atoms with Gasteiger partial charge < -0.3 is 20.7 Å². The number of pyridine rings is 1. The number of halogens is 2. The first kappa shape index (κ1) is 20.9. The van der Waals surface area contributed by atoms with Gasteiger partial charge in [-0.3, -0.25) is 4.79 Å². The van der Waals surface area contributed by atoms with Gasteiger partial charge in [-0.05, 0) is 18.1 Å². The number of amides is 1. The summed E-state index contributed by atoms with van der Waals surface area (Å²) in [7, 11) is 0. The second kappa shape index (κ2) is 9.84. The van der Waals surface area contributed by atoms with Crippen LogP contribution >= 0.6 is 24.8 Å². The fourth-order valence-electron chi connectivity index (χ4n) is 1.97. The van der Waals surface area contributed by atoms with Crippen LogP contribution in [0.1, 0.15) is 13.8 Å². The number of nitrogens with one attached hydrogen (secondary N) is 1. The van der Waals surface area contributed by atoms with Crippen molar-refractivity contribution in [3.8, 4) is 0 Å². The van der Waals surface area contributed by atoms with Crippen molar-refractivity contribution >= 4 is 42.2 Å². The van der Waals surface area contributed by atoms with Crippen molar-refractivity contribution in [2.24, 2.45) is 11.7 Å². The molecule has 1 aromatic rings. The third-order valence-corrected chi connectivity index (χ3v) is 3.37. The van der Waals surface area contributed by atoms with Gasteiger partial charge in [0.05, 0.1) is 31.1 Å². The Hall–Kier alpha value is -1.08. The van der Waals surface area contributed by atoms with Gasteiger partial charge in [-0.1, -0.05) is 13.8 Å². The summed E-state index contributed by atoms with van der Waals surface area (Å²) >= 11 is 0. The Labute approximate surface area is 143 Å². The first-order chi connectivity index (χ1) is 9.58. The highest BCUT2D eigenvalue weighted by atomic mass is 35.5. The second-order valence-electron chi connectivity index (χ2n) is 5.26. The molecule has 0 aliphatic carbocycles. The molecule has 1 saturated heterocycles. The maximum absolute atomic E-state index is 11.8. The number of rotatable bonds is 4. The van der Waals surface area contributed by atoms with Gasteiger partial charge in [0.15, 0.2) is 0 Å². The standard InChI is InChI=1S/C14H22N4O2.2ClH/c1-10(2)13(15)14(19)17-11-3-4-12(16-9-11)18-5-7-20-8-6-18;;/h3-4,9-10,13H,5-8,15H2,1-2H3,(H,17,19);2*1H. The maximum Gasteiger partial charge on any atom is 0.241 e. The van der Waals surface area contributed by atoms with Crippen LogP contribution in [-0.4, -0.2) is 43.2 Å². The zero-order valence-electron chi connectivity index (χ0n) is 12.8. The molecule has 1 amide bonds. The minimum absolute atomic E-state index is 0. The lowest BCUT2D eigenvalue weighted by Gasteiger charge is -2.27. The van der Waals surface area contributed by atoms with Crippen LogP contribution in [-0.2, 0) is 9.53 Å². The van der Waals surface area contributed by atoms with Crippen LogP contribution in [0.4, 0.5) is 11.5 Å². The smallest absolute Gasteiger partial charge is 0.241 e. The highest BCUT2D eigenvalue weighted by Crippen LogP contribution is 2.15. The Morgan fingerprint density at radius 1 is 1.32 bits per heavy atom. The number of nitrogens with two attached hydrogens (primary N) is 1. The number of nitrogens with zero attached hydrogens (tertiary/aromatic N) is 2. The molecule has 126 valence electrons. The summed E-state index contributed by atoms with van der Waals surface area (Å²) in [6, 6.07) is 3.25. The van der Waals surface area contributed by atoms with Gasteiger partial charge in [0.2, 0.25) is 5.91 Å². The summed E-state index contributed by atoms with van der Waals surface area (Å²) in [6.07, 6.45) is 1.66. The molecule has 22 heavy (non-hydrogen) atoms. The van der Waals surface area contributed by atoms with E-state index in [1.807, 2.05) is 26.0 Å². The molecule has 6 nitrogen and oxygen atoms in total. The molecule has 1 unspecified atom stereocenters. The molecule has 0 aromatic carbocycles. The lowest BCUT2D eigenvalue weighted by Crippen LogP contribution is -2.39. The van der Waals surface area contributed by atoms with E-state index in [0.29, 0.717) is 5.69 Å². The number of morpholine rings is 1. The van der Waals surface area contributed by atoms with Gasteiger partial charge in [-0.15, -0.1) is 24.8 Å². The van der Waals surface area contributed by atoms with E-state index in [9.17, 15) is 4.79 Å². The van der Waals surface area contributed by atoms with Crippen LogP contribution < -0.4 is 16.0 Å². The number of anilines is 2. The molecular formula is C14H24Cl2N4O2. The monoisotopic (exact) mass is 350 g/mol. The molecular weight excluding hydrogens is 327 g/mol. The number of hydrogen-bond acceptors (Lipinski definition) is 5. The molecule has 2 rings (SSSR count). The quantitative estimate of drug-likeness (QED) is 0.863. The number of carbonyl (C=O) groups is 1. The molecule has 1 atom stereocenters. The zero-order valence-corrected chi connectivity index (χ0v) is 14.5. The minimum atomic E-state index is -0.506. The summed E-state index contributed by atoms with van der Waals surface area (Å²) in [5, 5.41) is 2.78. The van der Waals surface area contributed by atoms with Crippen LogP contribution in [0.3, 0.4) is 0 Å². The Balaban J connectivity index is 0.00000220. The van der Waals surface area contributed by atoms with E-state index >= 15 is 0 Å². The van der Waals surface area contributed by atoms with Crippen LogP contribution in [0.25, 0.3) is 0 Å². The lowest BCUT2D eigenvalue weighted by atomic mass is 10.1. The second-order valence-corrected chi connectivity index (χ2v) is 5.26. The third kappa shape index (κ3) is 5.61. The molecule has 0 radical (unpaired) electrons. The minimum Gasteiger partial charge on any atom is -0.378 e. The fourth-order valence-corrected chi connectivity index (χ4v) is 1.97. The molecule has 8 heteroatoms. The SMILES string of the molecule is CC(C)C(N)C(=O)Nc1ccc(N2CCOCC2)nc1.Cl.Cl. The van der Waals surface area contributed by atoms with Crippen LogP contribution in [0.15, 0.2) is 18.3 Å². The van der Waals surface area contributed by atoms with E-state index in [4.69, 9.17) is 10.5 Å². The van der Waals surface area contributed by atoms with Crippen molar-refractivity contribution in [2.45, 2.75) is 19.9 Å². The fraction of sp³-hybridized carbons (Fsp3) is 0.571. The molecule has 0 bridgehead atoms. The van der Waals surface area contributed by atoms with Crippen LogP contribution in [0.5, 0.6) is 0 Å². The normalized spacial score (nSPS) is 15.5. The van der Waals surface area contributed by atoms with E-state index in [0.717, 1.165) is 32.1 Å². The van der Waals surface area contributed by atoms with Crippen LogP contribution in [0.2, 0.25) is 0 Å². The topological polar surface area (TPSA) is 80.5 Å². The highest BCUT2D eigenvalue weighted by Gasteiger charge is 2.17. The van der Waals surface area contributed by atoms with Gasteiger partial charge in [0.1, 0.15) is 5.82 Å². The van der Waals surface area contributed by atoms with Crippen molar-refractivity contribution in [3.63, 3.8) is 0 Å². The molecule has 0 saturated carbocycles. The molecule has 3 N–H and O–H groups in total. The Morgan fingerprint density at radius 3 is 2.45 bits per heavy atom. The van der Waals surface area contributed by atoms with E-state index in [1.54, 1.807) is 6.20 Å². The van der Waals surface area contributed by atoms with E-state index in [-0.39, 0.29) is 36.6 Å². The molecule has 1 aromatic heterocycles. The Bertz CT molecular complexity index is 451. The van der Waals surface area contributed by atoms with Crippen molar-refractivity contribution in [1.29, 1.82) is 0 Å². The molecule has 1 aliphatic heterocycles. The Morgan fingerprint density at radius 2 is 1.95 bits per heavy atom. The molecule has 1 fully saturated rings. The van der Waals surface area contributed by atoms with E-state index in [1.165, 1.54) is 0 Å². The largest absolute Gasteiger partial charge is 0.378 e. The van der Waals surface area contributed by atoms with Crippen molar-refractivity contribution in [2.75, 3.05) is 36.5 Å². The van der Waals surface area contributed by atoms with E-state index < -0.39 is 6.04 Å². The number of carbonyl (C=O) groups excluding carboxylic acids is 1. The average molecular weight is 351 g/mol. The summed E-state index contributed by atoms with van der Waals surface area (Å²) in [4.78, 5) is 18.4. The Kier molecular flexibility index (Phi) is 9.36. The van der Waals surface area contributed by atoms with Gasteiger partial charge >= 0.3 is 0 Å². The van der Waals surface area contributed by atoms with Gasteiger partial charge in [-0.25, -0.2) is 4.98 Å². The van der Waals surface area contributed by atoms with Crippen molar-refractivity contribution in [3.05, 3.63) is 18.3 Å². The summed E-state index contributed by atoms with van der Waals surface area (Å²) < 4.78 is 5.31. The molecule has 2 heterocycles. The lowest BCUT2D eigenvalue weighted by molar-refractivity contribution is -0.118. The predicted octanol–water partition coefficient (Wildman–Crippen LogP) is 1.68. The zero-order chi connectivity index (χ0) is 14.5. The first-order valence-electron chi connectivity index (χ1n) is 6.93. The average Bonchev–Trinajstić information content (AvgIpc) is 2.48. The maximum atomic E-state index is 11.8. The van der Waals surface area contributed by atoms with Gasteiger partial charge in [-0.2, -0.15) is 0 Å². The predicted molar refractivity (Wildman–Crippen MR) is 93.2 cm³/mol. The molecule has 0 spiro atoms. The number of hydrogen-bond donors (Lipinski definition) is 2. The van der Waals surface area contributed by atoms with E-state index in [2.05, 4.69) is 15.2 Å². The van der Waals surface area contributed by atoms with Crippen molar-refractivity contribution in [1.82, 2.24) is 4.98 Å². The number of aromatic nitrogens is 1. The van der Waals surface area contributed by atoms with Gasteiger partial charge in [0.25, 0.3) is 0 Å². The summed E-state index contributed by atoms with van der Waals surface area (Å²) in [6.45, 7) is 6.98. The molecule has 1 aliphatic rings. The van der Waals surface area contributed by atoms with Gasteiger partial charge in [0, 0.05) is 13.1 Å². The highest BCUT2D eigenvalue weighted by molar-refractivity contribution is 5.94. The van der Waals surface area contributed by atoms with Crippen molar-refractivity contribution < 1.29 is 9.53 Å². The summed E-state index contributed by atoms with van der Waals surface area (Å²) in [5.41, 5.74) is 6.47. The number of ether oxygens (including phenoxy) is 1. The van der Waals surface area contributed by atoms with Crippen LogP contribution in [0, 0.1) is 5.92 Å². The third-order valence-electron chi connectivity index (χ3n) is 3.37.